The van der Waals surface area contributed by atoms with Crippen LogP contribution >= 0.6 is 11.8 Å². The number of rotatable bonds is 4. The van der Waals surface area contributed by atoms with Crippen LogP contribution in [0.3, 0.4) is 0 Å². The second-order valence-electron chi connectivity index (χ2n) is 6.39. The maximum atomic E-state index is 14.7. The molecule has 0 saturated carbocycles. The molecule has 0 bridgehead atoms. The van der Waals surface area contributed by atoms with Crippen molar-refractivity contribution in [3.63, 3.8) is 0 Å². The summed E-state index contributed by atoms with van der Waals surface area (Å²) in [5.41, 5.74) is 1.55. The van der Waals surface area contributed by atoms with Gasteiger partial charge in [0.2, 0.25) is 5.16 Å². The van der Waals surface area contributed by atoms with Crippen LogP contribution < -0.4 is 0 Å². The fourth-order valence-corrected chi connectivity index (χ4v) is 3.98. The van der Waals surface area contributed by atoms with Crippen molar-refractivity contribution in [1.82, 2.24) is 34.5 Å². The van der Waals surface area contributed by atoms with Gasteiger partial charge in [-0.1, -0.05) is 30.3 Å². The Labute approximate surface area is 173 Å². The number of aryl methyl sites for hydroxylation is 1. The van der Waals surface area contributed by atoms with Crippen molar-refractivity contribution in [2.75, 3.05) is 0 Å². The highest BCUT2D eigenvalue weighted by molar-refractivity contribution is 7.99. The third-order valence-electron chi connectivity index (χ3n) is 4.50. The lowest BCUT2D eigenvalue weighted by molar-refractivity contribution is 0.575. The van der Waals surface area contributed by atoms with E-state index in [1.807, 2.05) is 30.3 Å². The highest BCUT2D eigenvalue weighted by atomic mass is 32.2. The summed E-state index contributed by atoms with van der Waals surface area (Å²) in [5, 5.41) is 14.5. The third-order valence-corrected chi connectivity index (χ3v) is 5.46. The van der Waals surface area contributed by atoms with Gasteiger partial charge in [0, 0.05) is 18.7 Å². The van der Waals surface area contributed by atoms with E-state index >= 15 is 0 Å². The Kier molecular flexibility index (Phi) is 4.47. The van der Waals surface area contributed by atoms with Crippen LogP contribution in [-0.4, -0.2) is 34.5 Å². The molecular formula is C20H13F2N7S. The van der Waals surface area contributed by atoms with Crippen LogP contribution in [0.4, 0.5) is 8.78 Å². The summed E-state index contributed by atoms with van der Waals surface area (Å²) in [6, 6.07) is 12.7. The molecule has 3 aromatic heterocycles. The van der Waals surface area contributed by atoms with Gasteiger partial charge in [-0.15, -0.1) is 10.2 Å². The second-order valence-corrected chi connectivity index (χ2v) is 7.35. The largest absolute Gasteiger partial charge is 0.267 e. The molecule has 0 fully saturated rings. The van der Waals surface area contributed by atoms with Gasteiger partial charge < -0.3 is 0 Å². The first-order valence-electron chi connectivity index (χ1n) is 8.88. The predicted molar refractivity (Wildman–Crippen MR) is 107 cm³/mol. The zero-order valence-electron chi connectivity index (χ0n) is 15.6. The first kappa shape index (κ1) is 18.4. The van der Waals surface area contributed by atoms with E-state index in [4.69, 9.17) is 0 Å². The van der Waals surface area contributed by atoms with Gasteiger partial charge >= 0.3 is 0 Å². The van der Waals surface area contributed by atoms with Gasteiger partial charge in [-0.2, -0.15) is 5.10 Å². The standard InChI is InChI=1S/C20H13F2N7S/c1-28-18-14(10-25-28)19(24-11-23-18)30-20-27-26-17(12-5-3-2-4-6-12)29(20)16-8-7-13(21)9-15(16)22/h2-11H,1H3. The summed E-state index contributed by atoms with van der Waals surface area (Å²) in [4.78, 5) is 8.56. The number of benzene rings is 2. The Bertz CT molecular complexity index is 1360. The van der Waals surface area contributed by atoms with Crippen molar-refractivity contribution in [2.45, 2.75) is 10.2 Å². The van der Waals surface area contributed by atoms with Gasteiger partial charge in [0.15, 0.2) is 11.5 Å². The van der Waals surface area contributed by atoms with E-state index < -0.39 is 11.6 Å². The zero-order chi connectivity index (χ0) is 20.7. The van der Waals surface area contributed by atoms with Crippen molar-refractivity contribution in [2.24, 2.45) is 7.05 Å². The van der Waals surface area contributed by atoms with Crippen LogP contribution in [0.5, 0.6) is 0 Å². The molecule has 0 N–H and O–H groups in total. The molecule has 5 rings (SSSR count). The summed E-state index contributed by atoms with van der Waals surface area (Å²) < 4.78 is 31.4. The minimum atomic E-state index is -0.719. The monoisotopic (exact) mass is 421 g/mol. The second kappa shape index (κ2) is 7.30. The molecule has 10 heteroatoms. The van der Waals surface area contributed by atoms with Crippen LogP contribution in [0.25, 0.3) is 28.1 Å². The molecule has 0 saturated heterocycles. The van der Waals surface area contributed by atoms with E-state index in [-0.39, 0.29) is 5.69 Å². The number of hydrogen-bond donors (Lipinski definition) is 0. The van der Waals surface area contributed by atoms with Gasteiger partial charge in [0.05, 0.1) is 17.3 Å². The Morgan fingerprint density at radius 2 is 1.80 bits per heavy atom. The molecule has 30 heavy (non-hydrogen) atoms. The SMILES string of the molecule is Cn1ncc2c(Sc3nnc(-c4ccccc4)n3-c3ccc(F)cc3F)ncnc21. The predicted octanol–water partition coefficient (Wildman–Crippen LogP) is 4.04. The van der Waals surface area contributed by atoms with Crippen LogP contribution in [0.2, 0.25) is 0 Å². The van der Waals surface area contributed by atoms with Crippen LogP contribution in [0.15, 0.2) is 71.2 Å². The normalized spacial score (nSPS) is 11.3. The molecule has 148 valence electrons. The van der Waals surface area contributed by atoms with Crippen LogP contribution in [-0.2, 0) is 7.05 Å². The minimum Gasteiger partial charge on any atom is -0.267 e. The molecular weight excluding hydrogens is 408 g/mol. The molecule has 0 atom stereocenters. The number of hydrogen-bond acceptors (Lipinski definition) is 6. The topological polar surface area (TPSA) is 74.3 Å². The maximum Gasteiger partial charge on any atom is 0.202 e. The lowest BCUT2D eigenvalue weighted by Gasteiger charge is -2.11. The molecule has 0 unspecified atom stereocenters. The summed E-state index contributed by atoms with van der Waals surface area (Å²) in [7, 11) is 1.79. The summed E-state index contributed by atoms with van der Waals surface area (Å²) in [5.74, 6) is -0.948. The molecule has 0 spiro atoms. The average Bonchev–Trinajstić information content (AvgIpc) is 3.33. The van der Waals surface area contributed by atoms with Gasteiger partial charge in [0.25, 0.3) is 0 Å². The van der Waals surface area contributed by atoms with E-state index in [1.165, 1.54) is 30.2 Å². The maximum absolute atomic E-state index is 14.7. The number of halogens is 2. The van der Waals surface area contributed by atoms with Gasteiger partial charge in [0.1, 0.15) is 23.0 Å². The van der Waals surface area contributed by atoms with Crippen LogP contribution in [0.1, 0.15) is 0 Å². The lowest BCUT2D eigenvalue weighted by atomic mass is 10.2. The van der Waals surface area contributed by atoms with Gasteiger partial charge in [-0.05, 0) is 23.9 Å². The minimum absolute atomic E-state index is 0.138. The summed E-state index contributed by atoms with van der Waals surface area (Å²) in [6.07, 6.45) is 3.10. The number of fused-ring (bicyclic) bond motifs is 1. The van der Waals surface area contributed by atoms with E-state index in [2.05, 4.69) is 25.3 Å². The fraction of sp³-hybridized carbons (Fsp3) is 0.0500. The van der Waals surface area contributed by atoms with Crippen LogP contribution in [0, 0.1) is 11.6 Å². The molecule has 0 amide bonds. The molecule has 0 radical (unpaired) electrons. The van der Waals surface area contributed by atoms with E-state index in [1.54, 1.807) is 22.5 Å². The molecule has 0 aliphatic rings. The average molecular weight is 421 g/mol. The van der Waals surface area contributed by atoms with E-state index in [0.717, 1.165) is 17.0 Å². The summed E-state index contributed by atoms with van der Waals surface area (Å²) in [6.45, 7) is 0. The molecule has 5 aromatic rings. The number of nitrogens with zero attached hydrogens (tertiary/aromatic N) is 7. The molecule has 3 heterocycles. The Balaban J connectivity index is 1.69. The van der Waals surface area contributed by atoms with Crippen molar-refractivity contribution in [3.05, 3.63) is 72.7 Å². The fourth-order valence-electron chi connectivity index (χ4n) is 3.10. The highest BCUT2D eigenvalue weighted by Crippen LogP contribution is 2.34. The van der Waals surface area contributed by atoms with Gasteiger partial charge in [-0.25, -0.2) is 18.7 Å². The molecule has 0 aliphatic heterocycles. The lowest BCUT2D eigenvalue weighted by Crippen LogP contribution is -2.03. The van der Waals surface area contributed by atoms with Crippen molar-refractivity contribution < 1.29 is 8.78 Å². The molecule has 7 nitrogen and oxygen atoms in total. The van der Waals surface area contributed by atoms with Crippen molar-refractivity contribution in [1.29, 1.82) is 0 Å². The van der Waals surface area contributed by atoms with Crippen molar-refractivity contribution >= 4 is 22.8 Å². The first-order chi connectivity index (χ1) is 14.6. The van der Waals surface area contributed by atoms with E-state index in [9.17, 15) is 8.78 Å². The third kappa shape index (κ3) is 3.11. The Morgan fingerprint density at radius 1 is 0.967 bits per heavy atom. The highest BCUT2D eigenvalue weighted by Gasteiger charge is 2.21. The Morgan fingerprint density at radius 3 is 2.60 bits per heavy atom. The molecule has 2 aromatic carbocycles. The first-order valence-corrected chi connectivity index (χ1v) is 9.70. The number of aromatic nitrogens is 7. The smallest absolute Gasteiger partial charge is 0.202 e. The zero-order valence-corrected chi connectivity index (χ0v) is 16.4. The Hall–Kier alpha value is -3.66. The summed E-state index contributed by atoms with van der Waals surface area (Å²) >= 11 is 1.20. The molecule has 0 aliphatic carbocycles. The quantitative estimate of drug-likeness (QED) is 0.408. The van der Waals surface area contributed by atoms with Crippen molar-refractivity contribution in [3.8, 4) is 17.1 Å². The van der Waals surface area contributed by atoms with Gasteiger partial charge in [-0.3, -0.25) is 9.25 Å². The van der Waals surface area contributed by atoms with E-state index in [0.29, 0.717) is 21.7 Å².